The summed E-state index contributed by atoms with van der Waals surface area (Å²) in [5, 5.41) is 35.1. The Kier molecular flexibility index (Phi) is 51.9. The smallest absolute Gasteiger partial charge is 0.0481 e. The van der Waals surface area contributed by atoms with Crippen LogP contribution in [-0.2, 0) is 0 Å². The molecule has 1 heterocycles. The third kappa shape index (κ3) is 48.0. The molecule has 1 aliphatic rings. The van der Waals surface area contributed by atoms with Gasteiger partial charge in [-0.1, -0.05) is 6.92 Å². The average Bonchev–Trinajstić information content (AvgIpc) is 4.19. The Morgan fingerprint density at radius 1 is 0.354 bits per heavy atom. The largest absolute Gasteiger partial charge is 0.329 e. The van der Waals surface area contributed by atoms with Crippen LogP contribution in [0.5, 0.6) is 0 Å². The monoisotopic (exact) mass is 933 g/mol. The summed E-state index contributed by atoms with van der Waals surface area (Å²) < 4.78 is 0. The zero-order valence-corrected chi connectivity index (χ0v) is 43.0. The molecular formula is C45H112N20. The lowest BCUT2D eigenvalue weighted by Gasteiger charge is -2.26. The SMILES string of the molecule is C1CN1.CCCN(CCN)CCNCCN(CCNCCN(CCCNC)CCNCCN)CCNCCN(CCNCCN(CCN)CCNCCNC)CNCCCN(C)CCN. The first kappa shape index (κ1) is 64.2. The molecule has 20 nitrogen and oxygen atoms in total. The van der Waals surface area contributed by atoms with E-state index < -0.39 is 0 Å². The quantitative estimate of drug-likeness (QED) is 0.0154. The minimum absolute atomic E-state index is 0.684. The molecule has 1 fully saturated rings. The Bertz CT molecular complexity index is 890. The van der Waals surface area contributed by atoms with Crippen LogP contribution in [0.25, 0.3) is 0 Å². The van der Waals surface area contributed by atoms with Crippen LogP contribution in [0.3, 0.4) is 0 Å². The Labute approximate surface area is 400 Å². The van der Waals surface area contributed by atoms with Gasteiger partial charge in [-0.3, -0.25) is 14.7 Å². The first-order valence-corrected chi connectivity index (χ1v) is 26.0. The molecular weight excluding hydrogens is 821 g/mol. The molecule has 0 spiro atoms. The highest BCUT2D eigenvalue weighted by Gasteiger charge is 2.10. The number of nitrogens with two attached hydrogens (primary N) is 4. The lowest BCUT2D eigenvalue weighted by atomic mass is 10.3. The maximum Gasteiger partial charge on any atom is 0.0481 e. The number of rotatable bonds is 53. The Hall–Kier alpha value is -0.800. The van der Waals surface area contributed by atoms with Gasteiger partial charge in [0.2, 0.25) is 0 Å². The van der Waals surface area contributed by atoms with Crippen LogP contribution < -0.4 is 76.1 Å². The average molecular weight is 934 g/mol. The van der Waals surface area contributed by atoms with Crippen LogP contribution in [0.4, 0.5) is 0 Å². The molecule has 0 aromatic carbocycles. The van der Waals surface area contributed by atoms with Gasteiger partial charge in [0.05, 0.1) is 0 Å². The third-order valence-corrected chi connectivity index (χ3v) is 11.2. The minimum Gasteiger partial charge on any atom is -0.329 e. The first-order chi connectivity index (χ1) is 32.0. The van der Waals surface area contributed by atoms with Gasteiger partial charge >= 0.3 is 0 Å². The van der Waals surface area contributed by atoms with Crippen LogP contribution in [0, 0.1) is 0 Å². The van der Waals surface area contributed by atoms with Crippen molar-refractivity contribution in [1.29, 1.82) is 0 Å². The minimum atomic E-state index is 0.684. The molecule has 0 amide bonds. The molecule has 0 aromatic rings. The molecule has 1 saturated heterocycles. The molecule has 18 N–H and O–H groups in total. The zero-order chi connectivity index (χ0) is 47.5. The molecule has 0 bridgehead atoms. The van der Waals surface area contributed by atoms with Crippen molar-refractivity contribution in [1.82, 2.24) is 82.6 Å². The fraction of sp³-hybridized carbons (Fsp3) is 1.00. The summed E-state index contributed by atoms with van der Waals surface area (Å²) in [5.41, 5.74) is 23.2. The molecule has 1 rings (SSSR count). The van der Waals surface area contributed by atoms with Crippen LogP contribution in [0.1, 0.15) is 26.2 Å². The van der Waals surface area contributed by atoms with E-state index in [1.807, 2.05) is 14.1 Å². The summed E-state index contributed by atoms with van der Waals surface area (Å²) >= 11 is 0. The van der Waals surface area contributed by atoms with Crippen LogP contribution in [0.2, 0.25) is 0 Å². The van der Waals surface area contributed by atoms with E-state index in [-0.39, 0.29) is 0 Å². The topological polar surface area (TPSA) is 254 Å². The second kappa shape index (κ2) is 52.6. The summed E-state index contributed by atoms with van der Waals surface area (Å²) in [6, 6.07) is 0. The van der Waals surface area contributed by atoms with Crippen molar-refractivity contribution in [3.05, 3.63) is 0 Å². The van der Waals surface area contributed by atoms with Crippen molar-refractivity contribution in [3.8, 4) is 0 Å². The molecule has 20 heteroatoms. The van der Waals surface area contributed by atoms with Crippen molar-refractivity contribution < 1.29 is 0 Å². The number of likely N-dealkylation sites (N-methyl/N-ethyl adjacent to an activating group) is 2. The van der Waals surface area contributed by atoms with Gasteiger partial charge in [0.15, 0.2) is 0 Å². The van der Waals surface area contributed by atoms with Crippen molar-refractivity contribution in [2.24, 2.45) is 22.9 Å². The Morgan fingerprint density at radius 2 is 0.723 bits per heavy atom. The van der Waals surface area contributed by atoms with Crippen LogP contribution in [0.15, 0.2) is 0 Å². The second-order valence-corrected chi connectivity index (χ2v) is 17.3. The van der Waals surface area contributed by atoms with Crippen molar-refractivity contribution in [2.75, 3.05) is 270 Å². The normalized spacial score (nSPS) is 12.8. The molecule has 65 heavy (non-hydrogen) atoms. The highest BCUT2D eigenvalue weighted by atomic mass is 15.2. The van der Waals surface area contributed by atoms with Gasteiger partial charge in [-0.05, 0) is 73.1 Å². The number of hydrogen-bond donors (Lipinski definition) is 14. The number of hydrogen-bond acceptors (Lipinski definition) is 20. The second-order valence-electron chi connectivity index (χ2n) is 17.3. The lowest BCUT2D eigenvalue weighted by Crippen LogP contribution is -2.45. The summed E-state index contributed by atoms with van der Waals surface area (Å²) in [6.07, 6.45) is 3.44. The summed E-state index contributed by atoms with van der Waals surface area (Å²) in [5.74, 6) is 0. The standard InChI is InChI=1S/C43H107N19.C2H5N/c1-5-27-58(31-10-46)33-19-52-22-38-61(39-23-53-20-35-59(29-6-12-48-2)34-17-50-14-8-44)40-24-55-26-42-62(43-56-13-7-28-57(4)30-9-45)41-25-54-21-37-60(32-11-47)36-18-51-16-15-49-3;1-2-3-1/h48-56H,5-47H2,1-4H3;3H,1-2H2. The fourth-order valence-corrected chi connectivity index (χ4v) is 7.25. The van der Waals surface area contributed by atoms with Gasteiger partial charge in [0.1, 0.15) is 0 Å². The van der Waals surface area contributed by atoms with E-state index in [0.717, 1.165) is 235 Å². The van der Waals surface area contributed by atoms with E-state index >= 15 is 0 Å². The molecule has 0 aromatic heterocycles. The number of nitrogens with zero attached hydrogens (tertiary/aromatic N) is 6. The van der Waals surface area contributed by atoms with Crippen molar-refractivity contribution in [3.63, 3.8) is 0 Å². The van der Waals surface area contributed by atoms with Gasteiger partial charge < -0.3 is 90.8 Å². The molecule has 392 valence electrons. The van der Waals surface area contributed by atoms with Crippen molar-refractivity contribution >= 4 is 0 Å². The van der Waals surface area contributed by atoms with E-state index in [0.29, 0.717) is 19.6 Å². The van der Waals surface area contributed by atoms with Crippen LogP contribution >= 0.6 is 0 Å². The third-order valence-electron chi connectivity index (χ3n) is 11.2. The van der Waals surface area contributed by atoms with Crippen LogP contribution in [-0.4, -0.2) is 299 Å². The summed E-state index contributed by atoms with van der Waals surface area (Å²) in [4.78, 5) is 14.9. The molecule has 0 atom stereocenters. The van der Waals surface area contributed by atoms with E-state index in [4.69, 9.17) is 22.9 Å². The van der Waals surface area contributed by atoms with Gasteiger partial charge in [-0.25, -0.2) is 0 Å². The molecule has 0 saturated carbocycles. The maximum absolute atomic E-state index is 5.93. The van der Waals surface area contributed by atoms with Gasteiger partial charge in [-0.2, -0.15) is 0 Å². The Morgan fingerprint density at radius 3 is 1.12 bits per heavy atom. The van der Waals surface area contributed by atoms with Crippen molar-refractivity contribution in [2.45, 2.75) is 26.2 Å². The van der Waals surface area contributed by atoms with Gasteiger partial charge in [0.25, 0.3) is 0 Å². The highest BCUT2D eigenvalue weighted by molar-refractivity contribution is 4.70. The molecule has 0 unspecified atom stereocenters. The summed E-state index contributed by atoms with van der Waals surface area (Å²) in [7, 11) is 6.17. The molecule has 0 aliphatic carbocycles. The van der Waals surface area contributed by atoms with E-state index in [2.05, 4.69) is 96.5 Å². The first-order valence-electron chi connectivity index (χ1n) is 26.0. The maximum atomic E-state index is 5.93. The summed E-state index contributed by atoms with van der Waals surface area (Å²) in [6.45, 7) is 39.6. The predicted molar refractivity (Wildman–Crippen MR) is 281 cm³/mol. The van der Waals surface area contributed by atoms with Gasteiger partial charge in [0, 0.05) is 216 Å². The predicted octanol–water partition coefficient (Wildman–Crippen LogP) is -5.43. The van der Waals surface area contributed by atoms with E-state index in [1.54, 1.807) is 0 Å². The Balaban J connectivity index is 0.0000130. The fourth-order valence-electron chi connectivity index (χ4n) is 7.25. The molecule has 0 radical (unpaired) electrons. The van der Waals surface area contributed by atoms with E-state index in [9.17, 15) is 0 Å². The van der Waals surface area contributed by atoms with E-state index in [1.165, 1.54) is 13.1 Å². The highest BCUT2D eigenvalue weighted by Crippen LogP contribution is 1.94. The van der Waals surface area contributed by atoms with Gasteiger partial charge in [-0.15, -0.1) is 0 Å². The lowest BCUT2D eigenvalue weighted by molar-refractivity contribution is 0.235. The zero-order valence-electron chi connectivity index (χ0n) is 43.0. The molecule has 1 aliphatic heterocycles. The number of nitrogens with one attached hydrogen (secondary N) is 10.